The molecule has 0 aromatic heterocycles. The van der Waals surface area contributed by atoms with Gasteiger partial charge in [-0.15, -0.1) is 0 Å². The van der Waals surface area contributed by atoms with E-state index in [-0.39, 0.29) is 22.5 Å². The van der Waals surface area contributed by atoms with Gasteiger partial charge in [-0.2, -0.15) is 8.42 Å². The first kappa shape index (κ1) is 18.4. The van der Waals surface area contributed by atoms with Crippen molar-refractivity contribution in [3.05, 3.63) is 83.2 Å². The van der Waals surface area contributed by atoms with Crippen LogP contribution in [0.4, 0.5) is 0 Å². The molecule has 138 valence electrons. The normalized spacial score (nSPS) is 16.2. The van der Waals surface area contributed by atoms with Gasteiger partial charge in [-0.05, 0) is 47.1 Å². The topological polar surface area (TPSA) is 132 Å². The maximum absolute atomic E-state index is 11.8. The number of aromatic hydroxyl groups is 2. The summed E-state index contributed by atoms with van der Waals surface area (Å²) in [6.07, 6.45) is 3.64. The van der Waals surface area contributed by atoms with Crippen LogP contribution in [0.3, 0.4) is 0 Å². The lowest BCUT2D eigenvalue weighted by Gasteiger charge is -2.17. The zero-order valence-corrected chi connectivity index (χ0v) is 14.5. The van der Waals surface area contributed by atoms with Crippen molar-refractivity contribution in [2.24, 2.45) is 0 Å². The van der Waals surface area contributed by atoms with Gasteiger partial charge in [-0.1, -0.05) is 30.3 Å². The second kappa shape index (κ2) is 6.75. The fourth-order valence-corrected chi connectivity index (χ4v) is 3.43. The van der Waals surface area contributed by atoms with Crippen LogP contribution in [0, 0.1) is 0 Å². The largest absolute Gasteiger partial charge is 0.504 e. The minimum absolute atomic E-state index is 0.0862. The molecular formula is C19H14O7S. The Morgan fingerprint density at radius 2 is 1.59 bits per heavy atom. The maximum atomic E-state index is 11.8. The van der Waals surface area contributed by atoms with Crippen LogP contribution in [0.5, 0.6) is 11.5 Å². The molecule has 0 radical (unpaired) electrons. The number of aliphatic hydroxyl groups is 1. The molecule has 3 rings (SSSR count). The van der Waals surface area contributed by atoms with Gasteiger partial charge in [0.2, 0.25) is 5.78 Å². The standard InChI is InChI=1S/C19H14O7S/c20-14-7-5-11(9-16(14)22)19(12-6-8-15(21)17(23)10-12)13-3-1-2-4-18(13)27(24,25)26/h1-10,20,22-23H,(H,24,25,26)/b19-12-. The van der Waals surface area contributed by atoms with Crippen molar-refractivity contribution in [1.82, 2.24) is 0 Å². The van der Waals surface area contributed by atoms with E-state index < -0.39 is 32.3 Å². The van der Waals surface area contributed by atoms with Crippen LogP contribution in [0.25, 0.3) is 5.57 Å². The van der Waals surface area contributed by atoms with Gasteiger partial charge < -0.3 is 15.3 Å². The average Bonchev–Trinajstić information content (AvgIpc) is 2.61. The van der Waals surface area contributed by atoms with Crippen LogP contribution < -0.4 is 0 Å². The zero-order chi connectivity index (χ0) is 19.8. The molecule has 0 saturated carbocycles. The number of phenolic OH excluding ortho intramolecular Hbond substituents is 2. The van der Waals surface area contributed by atoms with E-state index in [0.29, 0.717) is 5.56 Å². The lowest BCUT2D eigenvalue weighted by molar-refractivity contribution is -0.113. The monoisotopic (exact) mass is 386 g/mol. The van der Waals surface area contributed by atoms with Gasteiger partial charge in [0, 0.05) is 5.56 Å². The molecule has 0 unspecified atom stereocenters. The van der Waals surface area contributed by atoms with Crippen molar-refractivity contribution in [2.75, 3.05) is 0 Å². The first-order valence-corrected chi connectivity index (χ1v) is 9.09. The van der Waals surface area contributed by atoms with Gasteiger partial charge >= 0.3 is 0 Å². The van der Waals surface area contributed by atoms with Crippen molar-refractivity contribution in [1.29, 1.82) is 0 Å². The molecule has 0 aliphatic heterocycles. The Kier molecular flexibility index (Phi) is 4.61. The summed E-state index contributed by atoms with van der Waals surface area (Å²) in [7, 11) is -4.59. The number of ketones is 1. The number of aliphatic hydroxyl groups excluding tert-OH is 1. The molecule has 1 aliphatic carbocycles. The van der Waals surface area contributed by atoms with Gasteiger partial charge in [0.15, 0.2) is 17.3 Å². The van der Waals surface area contributed by atoms with E-state index in [1.54, 1.807) is 6.07 Å². The number of allylic oxidation sites excluding steroid dienone is 4. The Morgan fingerprint density at radius 1 is 0.889 bits per heavy atom. The van der Waals surface area contributed by atoms with Crippen molar-refractivity contribution >= 4 is 21.5 Å². The van der Waals surface area contributed by atoms with E-state index in [9.17, 15) is 33.1 Å². The number of rotatable bonds is 3. The lowest BCUT2D eigenvalue weighted by Crippen LogP contribution is -2.07. The van der Waals surface area contributed by atoms with E-state index in [4.69, 9.17) is 0 Å². The van der Waals surface area contributed by atoms with Crippen molar-refractivity contribution in [2.45, 2.75) is 4.90 Å². The Labute approximate surface area is 154 Å². The molecule has 0 heterocycles. The molecule has 8 heteroatoms. The quantitative estimate of drug-likeness (QED) is 0.471. The SMILES string of the molecule is O=C1C=C/C(=C(\c2ccc(O)c(O)c2)c2ccccc2S(=O)(=O)O)C=C1O. The Bertz CT molecular complexity index is 1140. The third-order valence-corrected chi connectivity index (χ3v) is 4.86. The summed E-state index contributed by atoms with van der Waals surface area (Å²) >= 11 is 0. The smallest absolute Gasteiger partial charge is 0.295 e. The van der Waals surface area contributed by atoms with Crippen molar-refractivity contribution < 1.29 is 33.1 Å². The molecule has 27 heavy (non-hydrogen) atoms. The van der Waals surface area contributed by atoms with Crippen LogP contribution >= 0.6 is 0 Å². The summed E-state index contributed by atoms with van der Waals surface area (Å²) in [6.45, 7) is 0. The number of hydrogen-bond donors (Lipinski definition) is 4. The molecule has 0 spiro atoms. The maximum Gasteiger partial charge on any atom is 0.295 e. The van der Waals surface area contributed by atoms with E-state index in [1.165, 1.54) is 42.5 Å². The van der Waals surface area contributed by atoms with E-state index in [0.717, 1.165) is 12.2 Å². The number of phenols is 2. The Balaban J connectivity index is 2.40. The number of hydrogen-bond acceptors (Lipinski definition) is 6. The van der Waals surface area contributed by atoms with Crippen LogP contribution in [0.2, 0.25) is 0 Å². The summed E-state index contributed by atoms with van der Waals surface area (Å²) in [5.74, 6) is -1.98. The predicted octanol–water partition coefficient (Wildman–Crippen LogP) is 2.73. The first-order chi connectivity index (χ1) is 12.7. The van der Waals surface area contributed by atoms with Crippen molar-refractivity contribution in [3.8, 4) is 11.5 Å². The second-order valence-electron chi connectivity index (χ2n) is 5.73. The van der Waals surface area contributed by atoms with Crippen molar-refractivity contribution in [3.63, 3.8) is 0 Å². The molecule has 0 amide bonds. The minimum Gasteiger partial charge on any atom is -0.504 e. The van der Waals surface area contributed by atoms with Gasteiger partial charge in [-0.25, -0.2) is 0 Å². The first-order valence-electron chi connectivity index (χ1n) is 7.65. The summed E-state index contributed by atoms with van der Waals surface area (Å²) in [6, 6.07) is 9.45. The van der Waals surface area contributed by atoms with Gasteiger partial charge in [0.25, 0.3) is 10.1 Å². The third kappa shape index (κ3) is 3.62. The van der Waals surface area contributed by atoms with Crippen LogP contribution in [-0.4, -0.2) is 34.1 Å². The zero-order valence-electron chi connectivity index (χ0n) is 13.7. The molecule has 0 atom stereocenters. The molecule has 0 fully saturated rings. The predicted molar refractivity (Wildman–Crippen MR) is 96.9 cm³/mol. The summed E-state index contributed by atoms with van der Waals surface area (Å²) in [5, 5.41) is 29.2. The molecule has 4 N–H and O–H groups in total. The van der Waals surface area contributed by atoms with E-state index >= 15 is 0 Å². The molecule has 1 aliphatic rings. The molecular weight excluding hydrogens is 372 g/mol. The van der Waals surface area contributed by atoms with Gasteiger partial charge in [-0.3, -0.25) is 9.35 Å². The van der Waals surface area contributed by atoms with Crippen LogP contribution in [-0.2, 0) is 14.9 Å². The second-order valence-corrected chi connectivity index (χ2v) is 7.12. The fraction of sp³-hybridized carbons (Fsp3) is 0. The average molecular weight is 386 g/mol. The summed E-state index contributed by atoms with van der Waals surface area (Å²) in [4.78, 5) is 11.1. The highest BCUT2D eigenvalue weighted by Crippen LogP contribution is 2.37. The van der Waals surface area contributed by atoms with E-state index in [1.807, 2.05) is 0 Å². The van der Waals surface area contributed by atoms with E-state index in [2.05, 4.69) is 0 Å². The highest BCUT2D eigenvalue weighted by molar-refractivity contribution is 7.86. The van der Waals surface area contributed by atoms with Gasteiger partial charge in [0.05, 0.1) is 0 Å². The molecule has 2 aromatic rings. The number of benzene rings is 2. The molecule has 2 aromatic carbocycles. The molecule has 0 bridgehead atoms. The Morgan fingerprint density at radius 3 is 2.22 bits per heavy atom. The summed E-state index contributed by atoms with van der Waals surface area (Å²) in [5.41, 5.74) is 0.865. The van der Waals surface area contributed by atoms with Gasteiger partial charge in [0.1, 0.15) is 4.90 Å². The Hall–Kier alpha value is -3.36. The number of carbonyl (C=O) groups is 1. The highest BCUT2D eigenvalue weighted by atomic mass is 32.2. The van der Waals surface area contributed by atoms with Crippen LogP contribution in [0.1, 0.15) is 11.1 Å². The van der Waals surface area contributed by atoms with Crippen LogP contribution in [0.15, 0.2) is 76.9 Å². The lowest BCUT2D eigenvalue weighted by atomic mass is 9.90. The molecule has 7 nitrogen and oxygen atoms in total. The summed E-state index contributed by atoms with van der Waals surface area (Å²) < 4.78 is 33.2. The minimum atomic E-state index is -4.59. The molecule has 0 saturated heterocycles. The number of carbonyl (C=O) groups excluding carboxylic acids is 1. The third-order valence-electron chi connectivity index (χ3n) is 3.95. The highest BCUT2D eigenvalue weighted by Gasteiger charge is 2.22. The fourth-order valence-electron chi connectivity index (χ4n) is 2.73.